The summed E-state index contributed by atoms with van der Waals surface area (Å²) in [5.74, 6) is 6.40. The first-order valence-corrected chi connectivity index (χ1v) is 7.60. The van der Waals surface area contributed by atoms with E-state index >= 15 is 0 Å². The quantitative estimate of drug-likeness (QED) is 0.644. The average Bonchev–Trinajstić information content (AvgIpc) is 2.91. The Morgan fingerprint density at radius 1 is 1.43 bits per heavy atom. The van der Waals surface area contributed by atoms with Gasteiger partial charge in [-0.1, -0.05) is 27.8 Å². The van der Waals surface area contributed by atoms with E-state index in [9.17, 15) is 10.2 Å². The van der Waals surface area contributed by atoms with Crippen molar-refractivity contribution in [1.29, 1.82) is 0 Å². The van der Waals surface area contributed by atoms with Crippen LogP contribution in [-0.4, -0.2) is 36.6 Å². The molecule has 21 heavy (non-hydrogen) atoms. The first-order valence-electron chi connectivity index (χ1n) is 6.30. The number of aliphatic hydroxyl groups excluding tert-OH is 1. The van der Waals surface area contributed by atoms with Crippen molar-refractivity contribution >= 4 is 26.2 Å². The first-order chi connectivity index (χ1) is 9.91. The number of benzene rings is 1. The first kappa shape index (κ1) is 16.0. The molecule has 4 nitrogen and oxygen atoms in total. The second kappa shape index (κ2) is 6.58. The standard InChI is InChI=1S/C15H14BrN2O2Si/c1-15(20,21)14-17-8-9-18(14)13(10-19)7-4-11-2-5-12(16)6-3-11/h2-3,5-6,8-9,13,19-20H,10H2,1H3/t13-,15-/m0/s1. The van der Waals surface area contributed by atoms with E-state index in [0.29, 0.717) is 5.82 Å². The van der Waals surface area contributed by atoms with Gasteiger partial charge in [-0.05, 0) is 31.2 Å². The highest BCUT2D eigenvalue weighted by Gasteiger charge is 2.24. The summed E-state index contributed by atoms with van der Waals surface area (Å²) in [6.45, 7) is 1.40. The maximum absolute atomic E-state index is 10.0. The zero-order valence-corrected chi connectivity index (χ0v) is 14.0. The zero-order valence-electron chi connectivity index (χ0n) is 11.4. The molecule has 2 N–H and O–H groups in total. The van der Waals surface area contributed by atoms with Gasteiger partial charge in [-0.25, -0.2) is 4.98 Å². The Bertz CT molecular complexity index is 665. The molecule has 2 rings (SSSR count). The molecule has 6 heteroatoms. The van der Waals surface area contributed by atoms with E-state index in [-0.39, 0.29) is 6.61 Å². The Kier molecular flexibility index (Phi) is 5.01. The van der Waals surface area contributed by atoms with E-state index in [1.54, 1.807) is 23.9 Å². The van der Waals surface area contributed by atoms with Crippen molar-refractivity contribution in [3.05, 3.63) is 52.5 Å². The van der Waals surface area contributed by atoms with Crippen LogP contribution in [0.5, 0.6) is 0 Å². The second-order valence-electron chi connectivity index (χ2n) is 4.70. The van der Waals surface area contributed by atoms with Gasteiger partial charge in [0.05, 0.1) is 16.8 Å². The van der Waals surface area contributed by atoms with Crippen LogP contribution in [-0.2, 0) is 5.22 Å². The lowest BCUT2D eigenvalue weighted by molar-refractivity contribution is 0.130. The minimum Gasteiger partial charge on any atom is -0.393 e. The third-order valence-electron chi connectivity index (χ3n) is 2.84. The molecule has 0 saturated carbocycles. The maximum Gasteiger partial charge on any atom is 0.137 e. The molecule has 1 heterocycles. The molecule has 0 aliphatic carbocycles. The van der Waals surface area contributed by atoms with E-state index in [2.05, 4.69) is 43.0 Å². The van der Waals surface area contributed by atoms with Crippen LogP contribution in [0.25, 0.3) is 0 Å². The van der Waals surface area contributed by atoms with Crippen LogP contribution in [0.4, 0.5) is 0 Å². The normalized spacial score (nSPS) is 14.9. The van der Waals surface area contributed by atoms with Crippen LogP contribution in [0, 0.1) is 11.8 Å². The van der Waals surface area contributed by atoms with Crippen molar-refractivity contribution in [2.24, 2.45) is 0 Å². The predicted octanol–water partition coefficient (Wildman–Crippen LogP) is 1.56. The van der Waals surface area contributed by atoms with Gasteiger partial charge in [0, 0.05) is 22.4 Å². The predicted molar refractivity (Wildman–Crippen MR) is 84.7 cm³/mol. The van der Waals surface area contributed by atoms with Gasteiger partial charge in [0.2, 0.25) is 0 Å². The molecule has 0 fully saturated rings. The minimum atomic E-state index is -1.28. The molecule has 0 aliphatic heterocycles. The molecule has 2 atom stereocenters. The van der Waals surface area contributed by atoms with Gasteiger partial charge in [0.1, 0.15) is 17.1 Å². The average molecular weight is 362 g/mol. The summed E-state index contributed by atoms with van der Waals surface area (Å²) in [7, 11) is 3.21. The van der Waals surface area contributed by atoms with Crippen molar-refractivity contribution in [3.63, 3.8) is 0 Å². The number of hydrogen-bond donors (Lipinski definition) is 2. The fourth-order valence-electron chi connectivity index (χ4n) is 1.84. The van der Waals surface area contributed by atoms with Crippen LogP contribution in [0.3, 0.4) is 0 Å². The summed E-state index contributed by atoms with van der Waals surface area (Å²) in [6.07, 6.45) is 3.25. The molecule has 107 valence electrons. The topological polar surface area (TPSA) is 58.3 Å². The van der Waals surface area contributed by atoms with Crippen LogP contribution in [0.15, 0.2) is 41.1 Å². The summed E-state index contributed by atoms with van der Waals surface area (Å²) in [6, 6.07) is 7.11. The molecule has 0 saturated heterocycles. The smallest absolute Gasteiger partial charge is 0.137 e. The molecule has 2 aromatic rings. The van der Waals surface area contributed by atoms with Gasteiger partial charge < -0.3 is 14.8 Å². The number of aliphatic hydroxyl groups is 2. The van der Waals surface area contributed by atoms with Gasteiger partial charge in [0.15, 0.2) is 0 Å². The molecule has 1 aromatic carbocycles. The van der Waals surface area contributed by atoms with E-state index in [1.165, 1.54) is 0 Å². The van der Waals surface area contributed by atoms with Crippen molar-refractivity contribution in [2.75, 3.05) is 6.61 Å². The fraction of sp³-hybridized carbons (Fsp3) is 0.267. The van der Waals surface area contributed by atoms with Gasteiger partial charge in [-0.2, -0.15) is 0 Å². The minimum absolute atomic E-state index is 0.171. The van der Waals surface area contributed by atoms with Crippen LogP contribution >= 0.6 is 15.9 Å². The third-order valence-corrected chi connectivity index (χ3v) is 3.59. The highest BCUT2D eigenvalue weighted by Crippen LogP contribution is 2.18. The van der Waals surface area contributed by atoms with Crippen LogP contribution in [0.1, 0.15) is 24.4 Å². The van der Waals surface area contributed by atoms with Crippen LogP contribution in [0.2, 0.25) is 0 Å². The van der Waals surface area contributed by atoms with Crippen molar-refractivity contribution in [3.8, 4) is 11.8 Å². The SMILES string of the molecule is C[C@](O)([Si])c1nccn1[C@@H](C#Cc1ccc(Br)cc1)CO. The maximum atomic E-state index is 10.0. The summed E-state index contributed by atoms with van der Waals surface area (Å²) in [5, 5.41) is 18.3. The Balaban J connectivity index is 2.30. The highest BCUT2D eigenvalue weighted by atomic mass is 79.9. The molecule has 0 amide bonds. The van der Waals surface area contributed by atoms with Crippen molar-refractivity contribution in [1.82, 2.24) is 9.55 Å². The Labute approximate surface area is 135 Å². The number of aromatic nitrogens is 2. The summed E-state index contributed by atoms with van der Waals surface area (Å²) >= 11 is 3.37. The largest absolute Gasteiger partial charge is 0.393 e. The lowest BCUT2D eigenvalue weighted by Gasteiger charge is -2.21. The molecule has 0 aliphatic rings. The Morgan fingerprint density at radius 2 is 2.10 bits per heavy atom. The number of halogens is 1. The van der Waals surface area contributed by atoms with E-state index < -0.39 is 11.3 Å². The molecule has 3 radical (unpaired) electrons. The number of imidazole rings is 1. The van der Waals surface area contributed by atoms with E-state index in [0.717, 1.165) is 10.0 Å². The lowest BCUT2D eigenvalue weighted by Crippen LogP contribution is -2.28. The zero-order chi connectivity index (χ0) is 15.5. The third kappa shape index (κ3) is 4.05. The number of nitrogens with zero attached hydrogens (tertiary/aromatic N) is 2. The van der Waals surface area contributed by atoms with Gasteiger partial charge in [-0.3, -0.25) is 0 Å². The monoisotopic (exact) mass is 361 g/mol. The van der Waals surface area contributed by atoms with Crippen LogP contribution < -0.4 is 0 Å². The van der Waals surface area contributed by atoms with Gasteiger partial charge >= 0.3 is 0 Å². The molecular formula is C15H14BrN2O2Si. The lowest BCUT2D eigenvalue weighted by atomic mass is 10.2. The fourth-order valence-corrected chi connectivity index (χ4v) is 2.30. The van der Waals surface area contributed by atoms with E-state index in [1.807, 2.05) is 24.3 Å². The molecular weight excluding hydrogens is 348 g/mol. The highest BCUT2D eigenvalue weighted by molar-refractivity contribution is 9.10. The summed E-state index contributed by atoms with van der Waals surface area (Å²) in [4.78, 5) is 4.10. The van der Waals surface area contributed by atoms with Gasteiger partial charge in [0.25, 0.3) is 0 Å². The number of rotatable bonds is 3. The summed E-state index contributed by atoms with van der Waals surface area (Å²) in [5.41, 5.74) is 0.850. The Morgan fingerprint density at radius 3 is 2.67 bits per heavy atom. The molecule has 0 unspecified atom stereocenters. The summed E-state index contributed by atoms with van der Waals surface area (Å²) < 4.78 is 2.64. The molecule has 0 bridgehead atoms. The van der Waals surface area contributed by atoms with Gasteiger partial charge in [-0.15, -0.1) is 0 Å². The molecule has 1 aromatic heterocycles. The molecule has 0 spiro atoms. The Hall–Kier alpha value is -1.39. The van der Waals surface area contributed by atoms with Crippen molar-refractivity contribution < 1.29 is 10.2 Å². The van der Waals surface area contributed by atoms with E-state index in [4.69, 9.17) is 0 Å². The van der Waals surface area contributed by atoms with Crippen molar-refractivity contribution in [2.45, 2.75) is 18.2 Å². The number of hydrogen-bond acceptors (Lipinski definition) is 3. The second-order valence-corrected chi connectivity index (χ2v) is 6.59.